The van der Waals surface area contributed by atoms with Gasteiger partial charge in [0, 0.05) is 20.0 Å². The second-order valence-corrected chi connectivity index (χ2v) is 7.39. The Kier molecular flexibility index (Phi) is 5.05. The molecule has 2 rings (SSSR count). The number of likely N-dealkylation sites (N-methyl/N-ethyl adjacent to an activating group) is 1. The molecule has 1 amide bonds. The topological polar surface area (TPSA) is 95.9 Å². The number of nitrogens with one attached hydrogen (secondary N) is 1. The summed E-state index contributed by atoms with van der Waals surface area (Å²) in [5, 5.41) is 12.6. The first-order valence-electron chi connectivity index (χ1n) is 6.89. The number of amides is 1. The van der Waals surface area contributed by atoms with Gasteiger partial charge < -0.3 is 15.2 Å². The number of carbonyl (C=O) groups excluding carboxylic acids is 1. The van der Waals surface area contributed by atoms with E-state index in [-0.39, 0.29) is 13.1 Å². The Hall–Kier alpha value is -1.64. The summed E-state index contributed by atoms with van der Waals surface area (Å²) in [5.74, 6) is 0.367. The third-order valence-electron chi connectivity index (χ3n) is 3.52. The summed E-state index contributed by atoms with van der Waals surface area (Å²) in [5.41, 5.74) is 1.74. The zero-order chi connectivity index (χ0) is 16.3. The maximum absolute atomic E-state index is 11.7. The van der Waals surface area contributed by atoms with Gasteiger partial charge in [-0.1, -0.05) is 6.07 Å². The van der Waals surface area contributed by atoms with E-state index >= 15 is 0 Å². The average Bonchev–Trinajstić information content (AvgIpc) is 2.90. The van der Waals surface area contributed by atoms with Crippen LogP contribution in [0.1, 0.15) is 17.2 Å². The van der Waals surface area contributed by atoms with Crippen LogP contribution in [0.3, 0.4) is 0 Å². The third kappa shape index (κ3) is 4.19. The Labute approximate surface area is 129 Å². The first kappa shape index (κ1) is 16.7. The fourth-order valence-electron chi connectivity index (χ4n) is 2.12. The number of benzene rings is 1. The highest BCUT2D eigenvalue weighted by Crippen LogP contribution is 2.27. The molecule has 1 atom stereocenters. The lowest BCUT2D eigenvalue weighted by Gasteiger charge is -2.16. The summed E-state index contributed by atoms with van der Waals surface area (Å²) in [7, 11) is -2.07. The number of rotatable bonds is 6. The molecule has 0 spiro atoms. The zero-order valence-corrected chi connectivity index (χ0v) is 13.4. The Morgan fingerprint density at radius 1 is 1.50 bits per heavy atom. The van der Waals surface area contributed by atoms with Crippen LogP contribution in [0.25, 0.3) is 0 Å². The molecule has 0 fully saturated rings. The minimum absolute atomic E-state index is 0.0239. The average molecular weight is 328 g/mol. The molecular formula is C14H20N2O5S. The number of nitrogens with zero attached hydrogens (tertiary/aromatic N) is 1. The molecular weight excluding hydrogens is 308 g/mol. The fraction of sp³-hybridized carbons (Fsp3) is 0.500. The van der Waals surface area contributed by atoms with Crippen molar-refractivity contribution < 1.29 is 23.1 Å². The first-order chi connectivity index (χ1) is 10.3. The molecule has 1 aliphatic heterocycles. The van der Waals surface area contributed by atoms with Gasteiger partial charge in [0.25, 0.3) is 0 Å². The van der Waals surface area contributed by atoms with Crippen LogP contribution in [0.2, 0.25) is 0 Å². The second-order valence-electron chi connectivity index (χ2n) is 5.30. The summed E-state index contributed by atoms with van der Waals surface area (Å²) >= 11 is 0. The fourth-order valence-corrected chi connectivity index (χ4v) is 2.47. The minimum Gasteiger partial charge on any atom is -0.493 e. The van der Waals surface area contributed by atoms with Crippen LogP contribution in [0.15, 0.2) is 18.2 Å². The molecule has 1 heterocycles. The van der Waals surface area contributed by atoms with Gasteiger partial charge in [0.2, 0.25) is 15.9 Å². The Balaban J connectivity index is 1.87. The molecule has 1 aromatic carbocycles. The molecule has 0 radical (unpaired) electrons. The summed E-state index contributed by atoms with van der Waals surface area (Å²) < 4.78 is 28.8. The van der Waals surface area contributed by atoms with Crippen LogP contribution in [0, 0.1) is 0 Å². The number of hydrogen-bond acceptors (Lipinski definition) is 5. The lowest BCUT2D eigenvalue weighted by Crippen LogP contribution is -2.39. The van der Waals surface area contributed by atoms with E-state index < -0.39 is 22.0 Å². The lowest BCUT2D eigenvalue weighted by molar-refractivity contribution is -0.121. The van der Waals surface area contributed by atoms with E-state index in [9.17, 15) is 18.3 Å². The van der Waals surface area contributed by atoms with Gasteiger partial charge in [-0.3, -0.25) is 4.79 Å². The minimum atomic E-state index is -3.40. The summed E-state index contributed by atoms with van der Waals surface area (Å²) in [4.78, 5) is 11.7. The van der Waals surface area contributed by atoms with Crippen LogP contribution in [-0.2, 0) is 21.2 Å². The predicted molar refractivity (Wildman–Crippen MR) is 81.1 cm³/mol. The Morgan fingerprint density at radius 3 is 2.91 bits per heavy atom. The number of ether oxygens (including phenoxy) is 1. The van der Waals surface area contributed by atoms with E-state index in [0.29, 0.717) is 12.2 Å². The standard InChI is InChI=1S/C14H20N2O5S/c1-16(22(2,19)20)9-14(18)15-8-12(17)10-3-4-13-11(7-10)5-6-21-13/h3-4,7,12,17H,5-6,8-9H2,1-2H3,(H,15,18). The molecule has 1 aliphatic rings. The highest BCUT2D eigenvalue weighted by Gasteiger charge is 2.18. The number of aliphatic hydroxyl groups excluding tert-OH is 1. The van der Waals surface area contributed by atoms with E-state index in [0.717, 1.165) is 28.3 Å². The Bertz CT molecular complexity index is 659. The molecule has 8 heteroatoms. The maximum Gasteiger partial charge on any atom is 0.235 e. The van der Waals surface area contributed by atoms with Gasteiger partial charge in [-0.15, -0.1) is 0 Å². The van der Waals surface area contributed by atoms with Crippen molar-refractivity contribution in [1.82, 2.24) is 9.62 Å². The molecule has 0 saturated heterocycles. The van der Waals surface area contributed by atoms with Crippen LogP contribution < -0.4 is 10.1 Å². The molecule has 1 unspecified atom stereocenters. The van der Waals surface area contributed by atoms with Crippen molar-refractivity contribution in [2.45, 2.75) is 12.5 Å². The van der Waals surface area contributed by atoms with Gasteiger partial charge in [0.15, 0.2) is 0 Å². The van der Waals surface area contributed by atoms with E-state index in [2.05, 4.69) is 5.32 Å². The molecule has 22 heavy (non-hydrogen) atoms. The molecule has 7 nitrogen and oxygen atoms in total. The first-order valence-corrected chi connectivity index (χ1v) is 8.74. The van der Waals surface area contributed by atoms with E-state index in [1.54, 1.807) is 12.1 Å². The lowest BCUT2D eigenvalue weighted by atomic mass is 10.0. The molecule has 122 valence electrons. The van der Waals surface area contributed by atoms with Gasteiger partial charge in [0.1, 0.15) is 5.75 Å². The van der Waals surface area contributed by atoms with Crippen LogP contribution in [-0.4, -0.2) is 56.7 Å². The van der Waals surface area contributed by atoms with Crippen molar-refractivity contribution in [1.29, 1.82) is 0 Å². The largest absolute Gasteiger partial charge is 0.493 e. The van der Waals surface area contributed by atoms with E-state index in [1.807, 2.05) is 6.07 Å². The van der Waals surface area contributed by atoms with Crippen molar-refractivity contribution in [3.63, 3.8) is 0 Å². The molecule has 0 saturated carbocycles. The highest BCUT2D eigenvalue weighted by atomic mass is 32.2. The van der Waals surface area contributed by atoms with Gasteiger partial charge in [0.05, 0.1) is 25.5 Å². The van der Waals surface area contributed by atoms with Crippen LogP contribution in [0.5, 0.6) is 5.75 Å². The van der Waals surface area contributed by atoms with Crippen molar-refractivity contribution in [3.8, 4) is 5.75 Å². The van der Waals surface area contributed by atoms with Gasteiger partial charge in [-0.2, -0.15) is 4.31 Å². The summed E-state index contributed by atoms with van der Waals surface area (Å²) in [6, 6.07) is 5.42. The van der Waals surface area contributed by atoms with Gasteiger partial charge in [-0.25, -0.2) is 8.42 Å². The monoisotopic (exact) mass is 328 g/mol. The van der Waals surface area contributed by atoms with Crippen molar-refractivity contribution in [2.24, 2.45) is 0 Å². The van der Waals surface area contributed by atoms with Gasteiger partial charge >= 0.3 is 0 Å². The van der Waals surface area contributed by atoms with Crippen molar-refractivity contribution >= 4 is 15.9 Å². The smallest absolute Gasteiger partial charge is 0.235 e. The van der Waals surface area contributed by atoms with Gasteiger partial charge in [-0.05, 0) is 23.3 Å². The second kappa shape index (κ2) is 6.64. The SMILES string of the molecule is CN(CC(=O)NCC(O)c1ccc2c(c1)CCO2)S(C)(=O)=O. The number of carbonyl (C=O) groups is 1. The van der Waals surface area contributed by atoms with Crippen molar-refractivity contribution in [3.05, 3.63) is 29.3 Å². The van der Waals surface area contributed by atoms with E-state index in [4.69, 9.17) is 4.74 Å². The molecule has 0 bridgehead atoms. The molecule has 0 aromatic heterocycles. The molecule has 1 aromatic rings. The van der Waals surface area contributed by atoms with Crippen molar-refractivity contribution in [2.75, 3.05) is 33.0 Å². The van der Waals surface area contributed by atoms with Crippen LogP contribution in [0.4, 0.5) is 0 Å². The predicted octanol–water partition coefficient (Wildman–Crippen LogP) is -0.337. The molecule has 0 aliphatic carbocycles. The quantitative estimate of drug-likeness (QED) is 0.745. The van der Waals surface area contributed by atoms with Crippen LogP contribution >= 0.6 is 0 Å². The highest BCUT2D eigenvalue weighted by molar-refractivity contribution is 7.88. The number of aliphatic hydroxyl groups is 1. The summed E-state index contributed by atoms with van der Waals surface area (Å²) in [6.07, 6.45) is 0.988. The summed E-state index contributed by atoms with van der Waals surface area (Å²) in [6.45, 7) is 0.392. The number of hydrogen-bond donors (Lipinski definition) is 2. The number of fused-ring (bicyclic) bond motifs is 1. The Morgan fingerprint density at radius 2 is 2.23 bits per heavy atom. The number of sulfonamides is 1. The molecule has 2 N–H and O–H groups in total. The maximum atomic E-state index is 11.7. The normalized spacial score (nSPS) is 15.3. The zero-order valence-electron chi connectivity index (χ0n) is 12.6. The van der Waals surface area contributed by atoms with E-state index in [1.165, 1.54) is 7.05 Å². The third-order valence-corrected chi connectivity index (χ3v) is 4.78.